The fourth-order valence-electron chi connectivity index (χ4n) is 2.04. The summed E-state index contributed by atoms with van der Waals surface area (Å²) >= 11 is 7.01. The molecule has 0 heterocycles. The summed E-state index contributed by atoms with van der Waals surface area (Å²) in [4.78, 5) is 0. The van der Waals surface area contributed by atoms with Gasteiger partial charge in [-0.3, -0.25) is 0 Å². The van der Waals surface area contributed by atoms with E-state index in [4.69, 9.17) is 5.73 Å². The number of rotatable bonds is 5. The molecule has 0 aliphatic heterocycles. The lowest BCUT2D eigenvalue weighted by molar-refractivity contribution is 0.511. The van der Waals surface area contributed by atoms with Crippen LogP contribution in [0.5, 0.6) is 0 Å². The molecule has 1 aliphatic carbocycles. The predicted molar refractivity (Wildman–Crippen MR) is 78.9 cm³/mol. The molecule has 4 heteroatoms. The molecule has 1 saturated carbocycles. The van der Waals surface area contributed by atoms with Crippen molar-refractivity contribution in [2.45, 2.75) is 19.4 Å². The Bertz CT molecular complexity index is 395. The Labute approximate surface area is 120 Å². The van der Waals surface area contributed by atoms with Crippen molar-refractivity contribution < 1.29 is 0 Å². The Morgan fingerprint density at radius 3 is 2.65 bits per heavy atom. The van der Waals surface area contributed by atoms with Gasteiger partial charge < -0.3 is 11.1 Å². The molecular weight excluding hydrogens is 344 g/mol. The van der Waals surface area contributed by atoms with E-state index in [0.717, 1.165) is 27.3 Å². The van der Waals surface area contributed by atoms with E-state index in [1.165, 1.54) is 12.0 Å². The highest BCUT2D eigenvalue weighted by atomic mass is 79.9. The van der Waals surface area contributed by atoms with Crippen molar-refractivity contribution in [2.75, 3.05) is 13.1 Å². The fraction of sp³-hybridized carbons (Fsp3) is 0.538. The highest BCUT2D eigenvalue weighted by molar-refractivity contribution is 9.13. The molecule has 0 saturated heterocycles. The Kier molecular flexibility index (Phi) is 4.64. The smallest absolute Gasteiger partial charge is 0.0445 e. The van der Waals surface area contributed by atoms with Crippen LogP contribution in [0.4, 0.5) is 0 Å². The van der Waals surface area contributed by atoms with Crippen LogP contribution in [-0.2, 0) is 0 Å². The molecule has 0 amide bonds. The molecule has 1 aromatic carbocycles. The van der Waals surface area contributed by atoms with Crippen LogP contribution in [0.15, 0.2) is 27.1 Å². The average Bonchev–Trinajstić information content (AvgIpc) is 3.00. The Morgan fingerprint density at radius 1 is 1.41 bits per heavy atom. The van der Waals surface area contributed by atoms with Crippen LogP contribution in [0.3, 0.4) is 0 Å². The summed E-state index contributed by atoms with van der Waals surface area (Å²) < 4.78 is 2.16. The van der Waals surface area contributed by atoms with E-state index in [1.54, 1.807) is 0 Å². The van der Waals surface area contributed by atoms with Crippen molar-refractivity contribution in [1.82, 2.24) is 5.32 Å². The van der Waals surface area contributed by atoms with E-state index in [9.17, 15) is 0 Å². The molecule has 1 fully saturated rings. The molecule has 17 heavy (non-hydrogen) atoms. The van der Waals surface area contributed by atoms with Crippen LogP contribution in [0.2, 0.25) is 0 Å². The SMILES string of the molecule is CC1CC1CNC(CN)c1ccc(Br)c(Br)c1. The van der Waals surface area contributed by atoms with Crippen molar-refractivity contribution in [3.63, 3.8) is 0 Å². The molecule has 3 N–H and O–H groups in total. The number of halogens is 2. The number of nitrogens with one attached hydrogen (secondary N) is 1. The number of nitrogens with two attached hydrogens (primary N) is 1. The van der Waals surface area contributed by atoms with E-state index in [0.29, 0.717) is 6.54 Å². The first-order valence-corrected chi connectivity index (χ1v) is 7.58. The first-order chi connectivity index (χ1) is 8.11. The Hall–Kier alpha value is 0.1000. The van der Waals surface area contributed by atoms with Crippen molar-refractivity contribution in [1.29, 1.82) is 0 Å². The molecule has 0 radical (unpaired) electrons. The third-order valence-electron chi connectivity index (χ3n) is 3.48. The van der Waals surface area contributed by atoms with Gasteiger partial charge in [-0.2, -0.15) is 0 Å². The van der Waals surface area contributed by atoms with Crippen molar-refractivity contribution >= 4 is 31.9 Å². The average molecular weight is 362 g/mol. The summed E-state index contributed by atoms with van der Waals surface area (Å²) in [6.07, 6.45) is 1.36. The summed E-state index contributed by atoms with van der Waals surface area (Å²) in [6.45, 7) is 4.02. The highest BCUT2D eigenvalue weighted by Crippen LogP contribution is 2.37. The van der Waals surface area contributed by atoms with Crippen molar-refractivity contribution in [2.24, 2.45) is 17.6 Å². The van der Waals surface area contributed by atoms with Crippen LogP contribution >= 0.6 is 31.9 Å². The second kappa shape index (κ2) is 5.83. The van der Waals surface area contributed by atoms with E-state index in [1.807, 2.05) is 0 Å². The second-order valence-corrected chi connectivity index (χ2v) is 6.55. The van der Waals surface area contributed by atoms with E-state index in [2.05, 4.69) is 62.3 Å². The molecule has 1 aromatic rings. The van der Waals surface area contributed by atoms with Gasteiger partial charge >= 0.3 is 0 Å². The minimum atomic E-state index is 0.257. The number of hydrogen-bond acceptors (Lipinski definition) is 2. The van der Waals surface area contributed by atoms with Gasteiger partial charge in [-0.25, -0.2) is 0 Å². The third kappa shape index (κ3) is 3.53. The second-order valence-electron chi connectivity index (χ2n) is 4.84. The molecule has 94 valence electrons. The first-order valence-electron chi connectivity index (χ1n) is 6.00. The predicted octanol–water partition coefficient (Wildman–Crippen LogP) is 3.46. The van der Waals surface area contributed by atoms with E-state index >= 15 is 0 Å². The Morgan fingerprint density at radius 2 is 2.12 bits per heavy atom. The maximum absolute atomic E-state index is 5.84. The number of hydrogen-bond donors (Lipinski definition) is 2. The van der Waals surface area contributed by atoms with Gasteiger partial charge in [0.25, 0.3) is 0 Å². The van der Waals surface area contributed by atoms with Crippen LogP contribution in [-0.4, -0.2) is 13.1 Å². The van der Waals surface area contributed by atoms with Gasteiger partial charge in [-0.15, -0.1) is 0 Å². The molecular formula is C13H18Br2N2. The zero-order valence-corrected chi connectivity index (χ0v) is 13.1. The normalized spacial score (nSPS) is 24.7. The fourth-order valence-corrected chi connectivity index (χ4v) is 2.69. The summed E-state index contributed by atoms with van der Waals surface area (Å²) in [6, 6.07) is 6.57. The number of benzene rings is 1. The zero-order valence-electron chi connectivity index (χ0n) is 9.92. The summed E-state index contributed by atoms with van der Waals surface area (Å²) in [5, 5.41) is 3.56. The van der Waals surface area contributed by atoms with Crippen molar-refractivity contribution in [3.05, 3.63) is 32.7 Å². The van der Waals surface area contributed by atoms with Gasteiger partial charge in [-0.05, 0) is 74.4 Å². The lowest BCUT2D eigenvalue weighted by Gasteiger charge is -2.18. The lowest BCUT2D eigenvalue weighted by atomic mass is 10.1. The zero-order chi connectivity index (χ0) is 12.4. The molecule has 0 spiro atoms. The maximum atomic E-state index is 5.84. The maximum Gasteiger partial charge on any atom is 0.0445 e. The minimum Gasteiger partial charge on any atom is -0.329 e. The standard InChI is InChI=1S/C13H18Br2N2/c1-8-4-10(8)7-17-13(6-16)9-2-3-11(14)12(15)5-9/h2-3,5,8,10,13,17H,4,6-7,16H2,1H3. The van der Waals surface area contributed by atoms with Gasteiger partial charge in [0, 0.05) is 21.5 Å². The van der Waals surface area contributed by atoms with Crippen molar-refractivity contribution in [3.8, 4) is 0 Å². The minimum absolute atomic E-state index is 0.257. The summed E-state index contributed by atoms with van der Waals surface area (Å²) in [5.41, 5.74) is 7.09. The van der Waals surface area contributed by atoms with Crippen LogP contribution in [0.1, 0.15) is 24.9 Å². The first kappa shape index (κ1) is 13.5. The quantitative estimate of drug-likeness (QED) is 0.842. The largest absolute Gasteiger partial charge is 0.329 e. The van der Waals surface area contributed by atoms with Gasteiger partial charge in [0.05, 0.1) is 0 Å². The van der Waals surface area contributed by atoms with Crippen LogP contribution in [0.25, 0.3) is 0 Å². The molecule has 1 aliphatic rings. The van der Waals surface area contributed by atoms with Crippen LogP contribution in [0, 0.1) is 11.8 Å². The molecule has 2 nitrogen and oxygen atoms in total. The van der Waals surface area contributed by atoms with Crippen LogP contribution < -0.4 is 11.1 Å². The molecule has 0 aromatic heterocycles. The summed E-state index contributed by atoms with van der Waals surface area (Å²) in [7, 11) is 0. The van der Waals surface area contributed by atoms with Gasteiger partial charge in [0.2, 0.25) is 0 Å². The molecule has 2 rings (SSSR count). The topological polar surface area (TPSA) is 38.0 Å². The monoisotopic (exact) mass is 360 g/mol. The Balaban J connectivity index is 1.98. The van der Waals surface area contributed by atoms with E-state index in [-0.39, 0.29) is 6.04 Å². The molecule has 3 unspecified atom stereocenters. The highest BCUT2D eigenvalue weighted by Gasteiger charge is 2.32. The third-order valence-corrected chi connectivity index (χ3v) is 5.36. The van der Waals surface area contributed by atoms with Gasteiger partial charge in [0.1, 0.15) is 0 Å². The molecule has 0 bridgehead atoms. The summed E-state index contributed by atoms with van der Waals surface area (Å²) in [5.74, 6) is 1.74. The van der Waals surface area contributed by atoms with E-state index < -0.39 is 0 Å². The van der Waals surface area contributed by atoms with Gasteiger partial charge in [0.15, 0.2) is 0 Å². The molecule has 3 atom stereocenters. The lowest BCUT2D eigenvalue weighted by Crippen LogP contribution is -2.30. The van der Waals surface area contributed by atoms with Gasteiger partial charge in [-0.1, -0.05) is 13.0 Å².